The van der Waals surface area contributed by atoms with E-state index in [1.165, 1.54) is 0 Å². The number of aromatic nitrogens is 1. The number of aliphatic carboxylic acids is 1. The van der Waals surface area contributed by atoms with Crippen LogP contribution in [0.1, 0.15) is 5.56 Å². The molecule has 0 radical (unpaired) electrons. The normalized spacial score (nSPS) is 12.0. The molecule has 0 aliphatic rings. The number of hydrogen-bond donors (Lipinski definition) is 3. The second kappa shape index (κ2) is 7.32. The SMILES string of the molecule is O=C(O)C(=O)C=C(N=Nc1c(O)[nH]c2ccc(Br)cc12)c1ccccc1. The van der Waals surface area contributed by atoms with Gasteiger partial charge in [0.05, 0.1) is 11.2 Å². The topological polar surface area (TPSA) is 115 Å². The fraction of sp³-hybridized carbons (Fsp3) is 0. The van der Waals surface area contributed by atoms with Crippen molar-refractivity contribution in [3.63, 3.8) is 0 Å². The minimum Gasteiger partial charge on any atom is -0.493 e. The van der Waals surface area contributed by atoms with E-state index in [0.717, 1.165) is 10.5 Å². The molecule has 26 heavy (non-hydrogen) atoms. The van der Waals surface area contributed by atoms with Crippen LogP contribution in [0, 0.1) is 0 Å². The van der Waals surface area contributed by atoms with Gasteiger partial charge in [0.1, 0.15) is 0 Å². The average Bonchev–Trinajstić information content (AvgIpc) is 2.93. The zero-order valence-corrected chi connectivity index (χ0v) is 14.8. The highest BCUT2D eigenvalue weighted by Crippen LogP contribution is 2.37. The van der Waals surface area contributed by atoms with E-state index in [4.69, 9.17) is 5.11 Å². The molecule has 8 heteroatoms. The summed E-state index contributed by atoms with van der Waals surface area (Å²) >= 11 is 3.35. The van der Waals surface area contributed by atoms with Crippen LogP contribution < -0.4 is 0 Å². The number of azo groups is 1. The lowest BCUT2D eigenvalue weighted by molar-refractivity contribution is -0.146. The molecule has 0 unspecified atom stereocenters. The number of nitrogens with zero attached hydrogens (tertiary/aromatic N) is 2. The summed E-state index contributed by atoms with van der Waals surface area (Å²) in [6.45, 7) is 0. The number of fused-ring (bicyclic) bond motifs is 1. The first-order valence-electron chi connectivity index (χ1n) is 7.42. The van der Waals surface area contributed by atoms with Gasteiger partial charge in [-0.05, 0) is 18.2 Å². The fourth-order valence-corrected chi connectivity index (χ4v) is 2.67. The molecule has 0 aliphatic heterocycles. The molecular formula is C18H12BrN3O4. The lowest BCUT2D eigenvalue weighted by Crippen LogP contribution is -2.09. The van der Waals surface area contributed by atoms with Crippen LogP contribution in [0.4, 0.5) is 5.69 Å². The molecule has 1 aromatic heterocycles. The zero-order valence-electron chi connectivity index (χ0n) is 13.2. The van der Waals surface area contributed by atoms with E-state index >= 15 is 0 Å². The van der Waals surface area contributed by atoms with Crippen molar-refractivity contribution in [3.05, 3.63) is 64.6 Å². The number of hydrogen-bond acceptors (Lipinski definition) is 5. The van der Waals surface area contributed by atoms with Crippen LogP contribution in [0.15, 0.2) is 69.3 Å². The number of benzene rings is 2. The van der Waals surface area contributed by atoms with E-state index in [1.807, 2.05) is 0 Å². The third-order valence-corrected chi connectivity index (χ3v) is 4.01. The van der Waals surface area contributed by atoms with Crippen molar-refractivity contribution in [2.75, 3.05) is 0 Å². The average molecular weight is 414 g/mol. The summed E-state index contributed by atoms with van der Waals surface area (Å²) in [7, 11) is 0. The summed E-state index contributed by atoms with van der Waals surface area (Å²) in [5, 5.41) is 27.6. The first kappa shape index (κ1) is 17.6. The number of aromatic hydroxyl groups is 1. The Morgan fingerprint density at radius 2 is 1.85 bits per heavy atom. The Balaban J connectivity index is 2.07. The molecule has 3 N–H and O–H groups in total. The van der Waals surface area contributed by atoms with Gasteiger partial charge in [0, 0.05) is 21.5 Å². The molecule has 130 valence electrons. The Bertz CT molecular complexity index is 1050. The van der Waals surface area contributed by atoms with Gasteiger partial charge < -0.3 is 15.2 Å². The van der Waals surface area contributed by atoms with Gasteiger partial charge in [-0.15, -0.1) is 10.2 Å². The van der Waals surface area contributed by atoms with Crippen molar-refractivity contribution in [3.8, 4) is 5.88 Å². The lowest BCUT2D eigenvalue weighted by Gasteiger charge is -2.00. The van der Waals surface area contributed by atoms with Gasteiger partial charge in [-0.3, -0.25) is 4.79 Å². The molecule has 0 atom stereocenters. The highest BCUT2D eigenvalue weighted by Gasteiger charge is 2.13. The van der Waals surface area contributed by atoms with Crippen LogP contribution in [0.3, 0.4) is 0 Å². The number of H-pyrrole nitrogens is 1. The van der Waals surface area contributed by atoms with E-state index < -0.39 is 11.8 Å². The van der Waals surface area contributed by atoms with Crippen LogP contribution in [0.2, 0.25) is 0 Å². The van der Waals surface area contributed by atoms with Crippen LogP contribution in [0.5, 0.6) is 5.88 Å². The van der Waals surface area contributed by atoms with Gasteiger partial charge in [-0.2, -0.15) is 0 Å². The molecule has 0 amide bonds. The Morgan fingerprint density at radius 3 is 2.54 bits per heavy atom. The molecule has 0 aliphatic carbocycles. The summed E-state index contributed by atoms with van der Waals surface area (Å²) in [4.78, 5) is 25.2. The van der Waals surface area contributed by atoms with Gasteiger partial charge >= 0.3 is 5.97 Å². The van der Waals surface area contributed by atoms with Crippen molar-refractivity contribution in [2.45, 2.75) is 0 Å². The number of halogens is 1. The van der Waals surface area contributed by atoms with Crippen LogP contribution >= 0.6 is 15.9 Å². The predicted molar refractivity (Wildman–Crippen MR) is 99.2 cm³/mol. The van der Waals surface area contributed by atoms with Gasteiger partial charge in [0.2, 0.25) is 5.88 Å². The number of aromatic amines is 1. The zero-order chi connectivity index (χ0) is 18.7. The van der Waals surface area contributed by atoms with Gasteiger partial charge in [0.25, 0.3) is 5.78 Å². The molecule has 0 spiro atoms. The largest absolute Gasteiger partial charge is 0.493 e. The Kier molecular flexibility index (Phi) is 4.94. The van der Waals surface area contributed by atoms with Crippen molar-refractivity contribution < 1.29 is 19.8 Å². The van der Waals surface area contributed by atoms with Gasteiger partial charge in [0.15, 0.2) is 5.69 Å². The number of nitrogens with one attached hydrogen (secondary N) is 1. The van der Waals surface area contributed by atoms with Gasteiger partial charge in [-0.25, -0.2) is 4.79 Å². The second-order valence-electron chi connectivity index (χ2n) is 5.28. The minimum atomic E-state index is -1.59. The molecule has 3 rings (SSSR count). The van der Waals surface area contributed by atoms with Crippen LogP contribution in [-0.4, -0.2) is 26.9 Å². The molecule has 3 aromatic rings. The number of carboxylic acid groups (broad SMARTS) is 1. The Morgan fingerprint density at radius 1 is 1.12 bits per heavy atom. The fourth-order valence-electron chi connectivity index (χ4n) is 2.31. The van der Waals surface area contributed by atoms with E-state index in [-0.39, 0.29) is 17.3 Å². The van der Waals surface area contributed by atoms with E-state index in [2.05, 4.69) is 31.1 Å². The van der Waals surface area contributed by atoms with Crippen LogP contribution in [0.25, 0.3) is 16.6 Å². The summed E-state index contributed by atoms with van der Waals surface area (Å²) in [6.07, 6.45) is 0.892. The summed E-state index contributed by atoms with van der Waals surface area (Å²) in [6, 6.07) is 13.9. The van der Waals surface area contributed by atoms with E-state index in [0.29, 0.717) is 16.5 Å². The Labute approximate surface area is 155 Å². The van der Waals surface area contributed by atoms with E-state index in [1.54, 1.807) is 48.5 Å². The number of ketones is 1. The van der Waals surface area contributed by atoms with Crippen LogP contribution in [-0.2, 0) is 9.59 Å². The molecule has 7 nitrogen and oxygen atoms in total. The molecule has 0 fully saturated rings. The second-order valence-corrected chi connectivity index (χ2v) is 6.19. The molecule has 0 saturated heterocycles. The molecule has 0 saturated carbocycles. The lowest BCUT2D eigenvalue weighted by atomic mass is 10.1. The Hall–Kier alpha value is -3.26. The number of carbonyl (C=O) groups excluding carboxylic acids is 1. The van der Waals surface area contributed by atoms with Crippen molar-refractivity contribution >= 4 is 50.0 Å². The third-order valence-electron chi connectivity index (χ3n) is 3.52. The summed E-state index contributed by atoms with van der Waals surface area (Å²) in [5.74, 6) is -2.89. The smallest absolute Gasteiger partial charge is 0.376 e. The quantitative estimate of drug-likeness (QED) is 0.326. The van der Waals surface area contributed by atoms with E-state index in [9.17, 15) is 14.7 Å². The maximum atomic E-state index is 11.6. The maximum Gasteiger partial charge on any atom is 0.376 e. The number of carbonyl (C=O) groups is 2. The number of rotatable bonds is 5. The first-order chi connectivity index (χ1) is 12.5. The van der Waals surface area contributed by atoms with Crippen molar-refractivity contribution in [1.82, 2.24) is 4.98 Å². The van der Waals surface area contributed by atoms with Crippen molar-refractivity contribution in [1.29, 1.82) is 0 Å². The highest BCUT2D eigenvalue weighted by molar-refractivity contribution is 9.10. The molecule has 1 heterocycles. The molecular weight excluding hydrogens is 402 g/mol. The molecule has 0 bridgehead atoms. The summed E-state index contributed by atoms with van der Waals surface area (Å²) < 4.78 is 0.792. The maximum absolute atomic E-state index is 11.6. The highest BCUT2D eigenvalue weighted by atomic mass is 79.9. The summed E-state index contributed by atoms with van der Waals surface area (Å²) in [5.41, 5.74) is 1.44. The predicted octanol–water partition coefficient (Wildman–Crippen LogP) is 4.41. The minimum absolute atomic E-state index is 0.0711. The first-order valence-corrected chi connectivity index (χ1v) is 8.21. The monoisotopic (exact) mass is 413 g/mol. The molecule has 2 aromatic carbocycles. The van der Waals surface area contributed by atoms with Gasteiger partial charge in [-0.1, -0.05) is 46.3 Å². The third kappa shape index (κ3) is 3.70. The number of carboxylic acids is 1. The van der Waals surface area contributed by atoms with Crippen molar-refractivity contribution in [2.24, 2.45) is 10.2 Å². The standard InChI is InChI=1S/C18H12BrN3O4/c19-11-6-7-13-12(8-11)16(17(24)20-13)22-21-14(9-15(23)18(25)26)10-4-2-1-3-5-10/h1-9,20,24H,(H,25,26).